The van der Waals surface area contributed by atoms with Gasteiger partial charge >= 0.3 is 0 Å². The van der Waals surface area contributed by atoms with E-state index in [-0.39, 0.29) is 10.7 Å². The molecule has 1 unspecified atom stereocenters. The molecule has 2 aromatic rings. The van der Waals surface area contributed by atoms with Gasteiger partial charge in [-0.3, -0.25) is 4.79 Å². The van der Waals surface area contributed by atoms with Gasteiger partial charge in [-0.1, -0.05) is 18.2 Å². The summed E-state index contributed by atoms with van der Waals surface area (Å²) in [6, 6.07) is 6.02. The average Bonchev–Trinajstić information content (AvgIpc) is 3.03. The first-order valence-corrected chi connectivity index (χ1v) is 9.00. The third-order valence-corrected chi connectivity index (χ3v) is 6.97. The fraction of sp³-hybridized carbons (Fsp3) is 0.438. The first-order chi connectivity index (χ1) is 10.0. The number of anilines is 1. The van der Waals surface area contributed by atoms with E-state index in [9.17, 15) is 4.79 Å². The van der Waals surface area contributed by atoms with E-state index >= 15 is 0 Å². The predicted molar refractivity (Wildman–Crippen MR) is 93.4 cm³/mol. The van der Waals surface area contributed by atoms with E-state index in [1.165, 1.54) is 35.5 Å². The van der Waals surface area contributed by atoms with Gasteiger partial charge in [-0.15, -0.1) is 11.3 Å². The van der Waals surface area contributed by atoms with Crippen LogP contribution in [0.15, 0.2) is 18.2 Å². The molecule has 1 aromatic heterocycles. The highest BCUT2D eigenvalue weighted by Crippen LogP contribution is 2.38. The molecule has 0 aliphatic carbocycles. The molecule has 1 aliphatic heterocycles. The molecular formula is C16H20N2OS2. The van der Waals surface area contributed by atoms with Crippen LogP contribution in [0.2, 0.25) is 0 Å². The standard InChI is InChI=1S/C16H20N2OS2/c1-10-5-3-6-11-12(17)14(21-13(10)11)15(19)18-9-16(2)7-4-8-20-16/h3,5-6H,4,7-9,17H2,1-2H3,(H,18,19). The summed E-state index contributed by atoms with van der Waals surface area (Å²) in [5.41, 5.74) is 7.95. The number of carbonyl (C=O) groups excluding carboxylic acids is 1. The van der Waals surface area contributed by atoms with Gasteiger partial charge in [-0.25, -0.2) is 0 Å². The van der Waals surface area contributed by atoms with Gasteiger partial charge in [0.15, 0.2) is 0 Å². The number of aryl methyl sites for hydroxylation is 1. The van der Waals surface area contributed by atoms with Crippen molar-refractivity contribution in [1.29, 1.82) is 0 Å². The SMILES string of the molecule is Cc1cccc2c(N)c(C(=O)NCC3(C)CCCS3)sc12. The number of hydrogen-bond donors (Lipinski definition) is 2. The number of rotatable bonds is 3. The quantitative estimate of drug-likeness (QED) is 0.904. The van der Waals surface area contributed by atoms with Crippen LogP contribution < -0.4 is 11.1 Å². The molecule has 3 nitrogen and oxygen atoms in total. The molecule has 1 aliphatic rings. The molecule has 0 bridgehead atoms. The monoisotopic (exact) mass is 320 g/mol. The number of hydrogen-bond acceptors (Lipinski definition) is 4. The molecule has 0 saturated carbocycles. The number of nitrogens with two attached hydrogens (primary N) is 1. The van der Waals surface area contributed by atoms with Gasteiger partial charge in [0.25, 0.3) is 5.91 Å². The summed E-state index contributed by atoms with van der Waals surface area (Å²) in [5, 5.41) is 4.07. The second-order valence-electron chi connectivity index (χ2n) is 5.88. The third kappa shape index (κ3) is 2.77. The molecule has 1 saturated heterocycles. The van der Waals surface area contributed by atoms with Crippen LogP contribution in [-0.4, -0.2) is 23.0 Å². The molecular weight excluding hydrogens is 300 g/mol. The maximum absolute atomic E-state index is 12.5. The number of thioether (sulfide) groups is 1. The number of thiophene rings is 1. The molecule has 5 heteroatoms. The minimum absolute atomic E-state index is 0.0400. The molecule has 1 amide bonds. The van der Waals surface area contributed by atoms with Crippen molar-refractivity contribution >= 4 is 44.8 Å². The summed E-state index contributed by atoms with van der Waals surface area (Å²) in [5.74, 6) is 1.15. The molecule has 2 heterocycles. The number of nitrogens with one attached hydrogen (secondary N) is 1. The van der Waals surface area contributed by atoms with E-state index in [1.807, 2.05) is 23.9 Å². The van der Waals surface area contributed by atoms with Crippen LogP contribution in [0, 0.1) is 6.92 Å². The predicted octanol–water partition coefficient (Wildman–Crippen LogP) is 3.81. The molecule has 3 rings (SSSR count). The van der Waals surface area contributed by atoms with Gasteiger partial charge in [-0.2, -0.15) is 11.8 Å². The summed E-state index contributed by atoms with van der Waals surface area (Å²) >= 11 is 3.45. The maximum atomic E-state index is 12.5. The Labute approximate surface area is 133 Å². The number of carbonyl (C=O) groups is 1. The molecule has 1 atom stereocenters. The zero-order valence-corrected chi connectivity index (χ0v) is 14.0. The molecule has 21 heavy (non-hydrogen) atoms. The van der Waals surface area contributed by atoms with Crippen molar-refractivity contribution in [3.05, 3.63) is 28.6 Å². The molecule has 112 valence electrons. The van der Waals surface area contributed by atoms with E-state index in [2.05, 4.69) is 25.2 Å². The Morgan fingerprint density at radius 3 is 2.95 bits per heavy atom. The lowest BCUT2D eigenvalue weighted by atomic mass is 10.1. The Hall–Kier alpha value is -1.20. The summed E-state index contributed by atoms with van der Waals surface area (Å²) in [6.07, 6.45) is 2.40. The van der Waals surface area contributed by atoms with Gasteiger partial charge in [0.05, 0.1) is 5.69 Å². The minimum Gasteiger partial charge on any atom is -0.397 e. The number of amides is 1. The second kappa shape index (κ2) is 5.54. The van der Waals surface area contributed by atoms with Gasteiger partial charge in [-0.05, 0) is 38.0 Å². The van der Waals surface area contributed by atoms with Crippen LogP contribution in [0.4, 0.5) is 5.69 Å². The fourth-order valence-electron chi connectivity index (χ4n) is 2.77. The first kappa shape index (κ1) is 14.7. The summed E-state index contributed by atoms with van der Waals surface area (Å²) in [7, 11) is 0. The minimum atomic E-state index is -0.0400. The van der Waals surface area contributed by atoms with Crippen molar-refractivity contribution in [2.24, 2.45) is 0 Å². The van der Waals surface area contributed by atoms with Crippen molar-refractivity contribution in [2.75, 3.05) is 18.0 Å². The second-order valence-corrected chi connectivity index (χ2v) is 8.58. The highest BCUT2D eigenvalue weighted by Gasteiger charge is 2.30. The zero-order chi connectivity index (χ0) is 15.0. The number of benzene rings is 1. The van der Waals surface area contributed by atoms with Gasteiger partial charge < -0.3 is 11.1 Å². The van der Waals surface area contributed by atoms with Crippen LogP contribution in [-0.2, 0) is 0 Å². The molecule has 0 spiro atoms. The molecule has 1 aromatic carbocycles. The first-order valence-electron chi connectivity index (χ1n) is 7.20. The van der Waals surface area contributed by atoms with E-state index in [1.54, 1.807) is 0 Å². The third-order valence-electron chi connectivity index (χ3n) is 4.08. The van der Waals surface area contributed by atoms with Crippen LogP contribution >= 0.6 is 23.1 Å². The van der Waals surface area contributed by atoms with Crippen molar-refractivity contribution in [3.63, 3.8) is 0 Å². The summed E-state index contributed by atoms with van der Waals surface area (Å²) < 4.78 is 1.29. The largest absolute Gasteiger partial charge is 0.397 e. The van der Waals surface area contributed by atoms with Crippen LogP contribution in [0.25, 0.3) is 10.1 Å². The lowest BCUT2D eigenvalue weighted by molar-refractivity contribution is 0.0955. The average molecular weight is 320 g/mol. The van der Waals surface area contributed by atoms with E-state index in [4.69, 9.17) is 5.73 Å². The van der Waals surface area contributed by atoms with Crippen molar-refractivity contribution < 1.29 is 4.79 Å². The van der Waals surface area contributed by atoms with E-state index in [0.717, 1.165) is 10.1 Å². The lowest BCUT2D eigenvalue weighted by Crippen LogP contribution is -2.36. The Morgan fingerprint density at radius 2 is 2.29 bits per heavy atom. The Balaban J connectivity index is 1.81. The number of fused-ring (bicyclic) bond motifs is 1. The molecule has 3 N–H and O–H groups in total. The Bertz CT molecular complexity index is 687. The molecule has 0 radical (unpaired) electrons. The topological polar surface area (TPSA) is 55.1 Å². The molecule has 1 fully saturated rings. The van der Waals surface area contributed by atoms with Crippen molar-refractivity contribution in [2.45, 2.75) is 31.4 Å². The van der Waals surface area contributed by atoms with Crippen molar-refractivity contribution in [1.82, 2.24) is 5.32 Å². The van der Waals surface area contributed by atoms with E-state index in [0.29, 0.717) is 17.1 Å². The van der Waals surface area contributed by atoms with Crippen LogP contribution in [0.5, 0.6) is 0 Å². The zero-order valence-electron chi connectivity index (χ0n) is 12.4. The summed E-state index contributed by atoms with van der Waals surface area (Å²) in [4.78, 5) is 13.1. The number of nitrogen functional groups attached to an aromatic ring is 1. The van der Waals surface area contributed by atoms with Crippen LogP contribution in [0.1, 0.15) is 35.0 Å². The fourth-order valence-corrected chi connectivity index (χ4v) is 5.12. The van der Waals surface area contributed by atoms with Crippen LogP contribution in [0.3, 0.4) is 0 Å². The van der Waals surface area contributed by atoms with Gasteiger partial charge in [0, 0.05) is 21.4 Å². The summed E-state index contributed by atoms with van der Waals surface area (Å²) in [6.45, 7) is 4.99. The lowest BCUT2D eigenvalue weighted by Gasteiger charge is -2.22. The smallest absolute Gasteiger partial charge is 0.263 e. The highest BCUT2D eigenvalue weighted by atomic mass is 32.2. The normalized spacial score (nSPS) is 21.8. The maximum Gasteiger partial charge on any atom is 0.263 e. The van der Waals surface area contributed by atoms with Gasteiger partial charge in [0.1, 0.15) is 4.88 Å². The van der Waals surface area contributed by atoms with E-state index < -0.39 is 0 Å². The highest BCUT2D eigenvalue weighted by molar-refractivity contribution is 8.00. The Morgan fingerprint density at radius 1 is 1.48 bits per heavy atom. The Kier molecular flexibility index (Phi) is 3.88. The van der Waals surface area contributed by atoms with Crippen molar-refractivity contribution in [3.8, 4) is 0 Å². The van der Waals surface area contributed by atoms with Gasteiger partial charge in [0.2, 0.25) is 0 Å².